The molecule has 0 atom stereocenters. The van der Waals surface area contributed by atoms with Gasteiger partial charge in [0.2, 0.25) is 0 Å². The second-order valence-corrected chi connectivity index (χ2v) is 11.7. The molecular formula is C32H46N6O2. The molecule has 8 nitrogen and oxygen atoms in total. The molecule has 2 aromatic heterocycles. The summed E-state index contributed by atoms with van der Waals surface area (Å²) in [7, 11) is 6.34. The van der Waals surface area contributed by atoms with Gasteiger partial charge >= 0.3 is 0 Å². The molecule has 2 aliphatic carbocycles. The van der Waals surface area contributed by atoms with Crippen LogP contribution in [0.2, 0.25) is 0 Å². The lowest BCUT2D eigenvalue weighted by molar-refractivity contribution is -0.117. The van der Waals surface area contributed by atoms with Crippen molar-refractivity contribution in [1.29, 1.82) is 0 Å². The topological polar surface area (TPSA) is 86.3 Å². The van der Waals surface area contributed by atoms with E-state index in [9.17, 15) is 9.59 Å². The molecule has 0 radical (unpaired) electrons. The number of H-pyrrole nitrogens is 1. The molecule has 0 bridgehead atoms. The Kier molecular flexibility index (Phi) is 9.51. The smallest absolute Gasteiger partial charge is 0.253 e. The predicted molar refractivity (Wildman–Crippen MR) is 162 cm³/mol. The molecule has 2 N–H and O–H groups in total. The molecule has 1 amide bonds. The van der Waals surface area contributed by atoms with Gasteiger partial charge in [-0.25, -0.2) is 4.98 Å². The molecule has 0 spiro atoms. The molecule has 0 unspecified atom stereocenters. The fourth-order valence-electron chi connectivity index (χ4n) is 6.10. The molecule has 1 fully saturated rings. The van der Waals surface area contributed by atoms with Crippen LogP contribution in [0.25, 0.3) is 5.57 Å². The summed E-state index contributed by atoms with van der Waals surface area (Å²) in [5.74, 6) is 0.469. The van der Waals surface area contributed by atoms with Gasteiger partial charge in [0.1, 0.15) is 0 Å². The van der Waals surface area contributed by atoms with Crippen molar-refractivity contribution in [2.75, 3.05) is 27.2 Å². The number of nitrogens with one attached hydrogen (secondary N) is 2. The van der Waals surface area contributed by atoms with Gasteiger partial charge in [0.05, 0.1) is 12.0 Å². The third kappa shape index (κ3) is 6.84. The zero-order valence-corrected chi connectivity index (χ0v) is 25.3. The Bertz CT molecular complexity index is 1370. The van der Waals surface area contributed by atoms with E-state index in [1.165, 1.54) is 25.7 Å². The summed E-state index contributed by atoms with van der Waals surface area (Å²) in [6.07, 6.45) is 13.6. The van der Waals surface area contributed by atoms with E-state index < -0.39 is 0 Å². The highest BCUT2D eigenvalue weighted by Crippen LogP contribution is 2.33. The van der Waals surface area contributed by atoms with E-state index in [0.717, 1.165) is 46.9 Å². The number of nitrogens with zero attached hydrogens (tertiary/aromatic N) is 4. The highest BCUT2D eigenvalue weighted by Gasteiger charge is 2.27. The summed E-state index contributed by atoms with van der Waals surface area (Å²) in [5.41, 5.74) is 6.86. The van der Waals surface area contributed by atoms with Crippen molar-refractivity contribution >= 4 is 11.5 Å². The maximum Gasteiger partial charge on any atom is 0.253 e. The Labute approximate surface area is 238 Å². The number of aromatic amines is 1. The molecule has 40 heavy (non-hydrogen) atoms. The number of hydrogen-bond donors (Lipinski definition) is 2. The second kappa shape index (κ2) is 12.9. The van der Waals surface area contributed by atoms with Crippen LogP contribution < -0.4 is 10.9 Å². The molecular weight excluding hydrogens is 500 g/mol. The van der Waals surface area contributed by atoms with E-state index in [4.69, 9.17) is 0 Å². The first kappa shape index (κ1) is 29.6. The molecule has 216 valence electrons. The van der Waals surface area contributed by atoms with E-state index in [0.29, 0.717) is 29.5 Å². The Balaban J connectivity index is 1.61. The zero-order chi connectivity index (χ0) is 29.0. The van der Waals surface area contributed by atoms with Crippen LogP contribution in [-0.2, 0) is 18.4 Å². The summed E-state index contributed by atoms with van der Waals surface area (Å²) in [6.45, 7) is 10.0. The molecule has 8 heteroatoms. The third-order valence-electron chi connectivity index (χ3n) is 8.57. The summed E-state index contributed by atoms with van der Waals surface area (Å²) in [6, 6.07) is 2.61. The van der Waals surface area contributed by atoms with Crippen LogP contribution in [0.5, 0.6) is 0 Å². The van der Waals surface area contributed by atoms with Crippen LogP contribution in [0.1, 0.15) is 68.5 Å². The number of imidazole rings is 1. The number of carbonyl (C=O) groups excluding carboxylic acids is 1. The Morgan fingerprint density at radius 1 is 1.18 bits per heavy atom. The van der Waals surface area contributed by atoms with E-state index in [-0.39, 0.29) is 18.0 Å². The van der Waals surface area contributed by atoms with Crippen LogP contribution in [0.3, 0.4) is 0 Å². The molecule has 0 saturated heterocycles. The van der Waals surface area contributed by atoms with Crippen molar-refractivity contribution < 1.29 is 4.79 Å². The van der Waals surface area contributed by atoms with E-state index in [2.05, 4.69) is 52.2 Å². The van der Waals surface area contributed by atoms with Crippen molar-refractivity contribution in [2.24, 2.45) is 13.0 Å². The lowest BCUT2D eigenvalue weighted by atomic mass is 9.85. The van der Waals surface area contributed by atoms with Crippen LogP contribution in [0, 0.1) is 19.8 Å². The van der Waals surface area contributed by atoms with E-state index in [1.807, 2.05) is 57.1 Å². The number of aryl methyl sites for hydroxylation is 3. The number of pyridine rings is 1. The maximum absolute atomic E-state index is 13.6. The van der Waals surface area contributed by atoms with Crippen LogP contribution in [0.4, 0.5) is 0 Å². The average Bonchev–Trinajstić information content (AvgIpc) is 3.26. The zero-order valence-electron chi connectivity index (χ0n) is 25.3. The summed E-state index contributed by atoms with van der Waals surface area (Å²) < 4.78 is 1.96. The minimum Gasteiger partial charge on any atom is -0.371 e. The lowest BCUT2D eigenvalue weighted by Crippen LogP contribution is -2.36. The largest absolute Gasteiger partial charge is 0.371 e. The summed E-state index contributed by atoms with van der Waals surface area (Å²) in [4.78, 5) is 38.4. The summed E-state index contributed by atoms with van der Waals surface area (Å²) >= 11 is 0. The summed E-state index contributed by atoms with van der Waals surface area (Å²) in [5, 5.41) is 3.03. The molecule has 2 heterocycles. The highest BCUT2D eigenvalue weighted by molar-refractivity contribution is 5.98. The molecule has 2 aliphatic rings. The van der Waals surface area contributed by atoms with Gasteiger partial charge in [0.25, 0.3) is 11.5 Å². The van der Waals surface area contributed by atoms with Crippen molar-refractivity contribution in [3.63, 3.8) is 0 Å². The van der Waals surface area contributed by atoms with E-state index >= 15 is 0 Å². The Morgan fingerprint density at radius 3 is 2.50 bits per heavy atom. The fraction of sp³-hybridized carbons (Fsp3) is 0.531. The van der Waals surface area contributed by atoms with Gasteiger partial charge in [-0.15, -0.1) is 0 Å². The van der Waals surface area contributed by atoms with Gasteiger partial charge in [-0.1, -0.05) is 6.08 Å². The van der Waals surface area contributed by atoms with Gasteiger partial charge in [-0.3, -0.25) is 9.59 Å². The second-order valence-electron chi connectivity index (χ2n) is 11.7. The van der Waals surface area contributed by atoms with Crippen LogP contribution in [-0.4, -0.2) is 63.5 Å². The first-order valence-electron chi connectivity index (χ1n) is 14.6. The standard InChI is InChI=1S/C32H46N6O2/c1-8-38(18-24-9-12-26(13-10-24)36(5)6)30-16-25(29-19-37(7)20-34-29)11-14-27(23(30)4)31(39)33-17-28-21(2)15-22(3)35-32(28)40/h14-16,19-20,24,26H,8-13,17-18H2,1-7H3,(H,33,39)(H,35,40). The first-order valence-corrected chi connectivity index (χ1v) is 14.6. The van der Waals surface area contributed by atoms with Crippen molar-refractivity contribution in [2.45, 2.75) is 72.4 Å². The van der Waals surface area contributed by atoms with Gasteiger partial charge in [-0.05, 0) is 109 Å². The minimum absolute atomic E-state index is 0.152. The van der Waals surface area contributed by atoms with Crippen molar-refractivity contribution in [3.05, 3.63) is 80.5 Å². The number of allylic oxidation sites excluding steroid dienone is 3. The third-order valence-corrected chi connectivity index (χ3v) is 8.57. The van der Waals surface area contributed by atoms with Gasteiger partial charge < -0.3 is 24.7 Å². The van der Waals surface area contributed by atoms with Gasteiger partial charge in [-0.2, -0.15) is 0 Å². The Morgan fingerprint density at radius 2 is 1.90 bits per heavy atom. The van der Waals surface area contributed by atoms with Crippen LogP contribution >= 0.6 is 0 Å². The van der Waals surface area contributed by atoms with E-state index in [1.54, 1.807) is 0 Å². The van der Waals surface area contributed by atoms with Crippen molar-refractivity contribution in [1.82, 2.24) is 29.7 Å². The predicted octanol–water partition coefficient (Wildman–Crippen LogP) is 4.47. The Hall–Kier alpha value is -3.39. The maximum atomic E-state index is 13.6. The SMILES string of the molecule is CCN(CC1CCC(N(C)C)CC1)C1=C(C)C(C(=O)NCc2c(C)cc(C)[nH]c2=O)=CCC(c2cn(C)cn2)=C1. The number of carbonyl (C=O) groups is 1. The molecule has 4 rings (SSSR count). The van der Waals surface area contributed by atoms with Crippen LogP contribution in [0.15, 0.2) is 52.4 Å². The number of amides is 1. The fourth-order valence-corrected chi connectivity index (χ4v) is 6.10. The monoisotopic (exact) mass is 546 g/mol. The molecule has 0 aromatic carbocycles. The van der Waals surface area contributed by atoms with Gasteiger partial charge in [0, 0.05) is 61.4 Å². The number of rotatable bonds is 9. The number of hydrogen-bond acceptors (Lipinski definition) is 5. The molecule has 0 aliphatic heterocycles. The quantitative estimate of drug-likeness (QED) is 0.485. The van der Waals surface area contributed by atoms with Crippen molar-refractivity contribution in [3.8, 4) is 0 Å². The number of likely N-dealkylation sites (N-methyl/N-ethyl adjacent to an activating group) is 1. The lowest BCUT2D eigenvalue weighted by Gasteiger charge is -2.36. The first-order chi connectivity index (χ1) is 19.1. The molecule has 1 saturated carbocycles. The minimum atomic E-state index is -0.160. The normalized spacial score (nSPS) is 19.8. The number of aromatic nitrogens is 3. The highest BCUT2D eigenvalue weighted by atomic mass is 16.2. The van der Waals surface area contributed by atoms with Gasteiger partial charge in [0.15, 0.2) is 0 Å². The average molecular weight is 547 g/mol. The molecule has 2 aromatic rings.